The van der Waals surface area contributed by atoms with E-state index in [0.717, 1.165) is 25.0 Å². The third-order valence-electron chi connectivity index (χ3n) is 5.32. The Balaban J connectivity index is 1.88. The van der Waals surface area contributed by atoms with Gasteiger partial charge in [0, 0.05) is 12.5 Å². The lowest BCUT2D eigenvalue weighted by Crippen LogP contribution is -2.33. The molecule has 0 amide bonds. The van der Waals surface area contributed by atoms with Crippen LogP contribution in [0.25, 0.3) is 16.6 Å². The van der Waals surface area contributed by atoms with E-state index in [0.29, 0.717) is 29.1 Å². The molecule has 2 aromatic carbocycles. The van der Waals surface area contributed by atoms with Gasteiger partial charge >= 0.3 is 11.9 Å². The van der Waals surface area contributed by atoms with Gasteiger partial charge in [-0.3, -0.25) is 4.57 Å². The van der Waals surface area contributed by atoms with E-state index in [-0.39, 0.29) is 11.6 Å². The van der Waals surface area contributed by atoms with E-state index >= 15 is 0 Å². The SMILES string of the molecule is COC1CC(Cc2nc(=O)n(-c3ccccc3)c3cc(C(F)(F)F)ccc23)C1. The monoisotopic (exact) mass is 388 g/mol. The molecule has 1 heterocycles. The van der Waals surface area contributed by atoms with E-state index in [4.69, 9.17) is 4.74 Å². The predicted molar refractivity (Wildman–Crippen MR) is 99.6 cm³/mol. The molecule has 0 aliphatic heterocycles. The zero-order chi connectivity index (χ0) is 19.9. The molecule has 1 aliphatic carbocycles. The van der Waals surface area contributed by atoms with Crippen LogP contribution in [0.1, 0.15) is 24.1 Å². The van der Waals surface area contributed by atoms with Gasteiger partial charge in [0.1, 0.15) is 0 Å². The standard InChI is InChI=1S/C21H19F3N2O2/c1-28-16-9-13(10-16)11-18-17-8-7-14(21(22,23)24)12-19(17)26(20(27)25-18)15-5-3-2-4-6-15/h2-8,12-13,16H,9-11H2,1H3. The highest BCUT2D eigenvalue weighted by Crippen LogP contribution is 2.35. The van der Waals surface area contributed by atoms with Gasteiger partial charge in [-0.05, 0) is 49.4 Å². The topological polar surface area (TPSA) is 44.1 Å². The van der Waals surface area contributed by atoms with Crippen molar-refractivity contribution in [3.05, 3.63) is 70.3 Å². The summed E-state index contributed by atoms with van der Waals surface area (Å²) in [6.45, 7) is 0. The Bertz CT molecular complexity index is 1050. The molecule has 7 heteroatoms. The van der Waals surface area contributed by atoms with Crippen molar-refractivity contribution in [3.63, 3.8) is 0 Å². The van der Waals surface area contributed by atoms with Crippen LogP contribution in [0.3, 0.4) is 0 Å². The van der Waals surface area contributed by atoms with E-state index in [1.807, 2.05) is 0 Å². The minimum Gasteiger partial charge on any atom is -0.381 e. The number of halogens is 3. The summed E-state index contributed by atoms with van der Waals surface area (Å²) in [5.74, 6) is 0.315. The minimum absolute atomic E-state index is 0.206. The number of hydrogen-bond donors (Lipinski definition) is 0. The lowest BCUT2D eigenvalue weighted by Gasteiger charge is -2.34. The fourth-order valence-electron chi connectivity index (χ4n) is 3.75. The largest absolute Gasteiger partial charge is 0.416 e. The zero-order valence-electron chi connectivity index (χ0n) is 15.2. The van der Waals surface area contributed by atoms with Gasteiger partial charge in [-0.2, -0.15) is 18.2 Å². The molecule has 28 heavy (non-hydrogen) atoms. The van der Waals surface area contributed by atoms with Crippen LogP contribution in [0.4, 0.5) is 13.2 Å². The fourth-order valence-corrected chi connectivity index (χ4v) is 3.75. The minimum atomic E-state index is -4.49. The summed E-state index contributed by atoms with van der Waals surface area (Å²) in [4.78, 5) is 17.0. The summed E-state index contributed by atoms with van der Waals surface area (Å²) in [7, 11) is 1.66. The lowest BCUT2D eigenvalue weighted by atomic mass is 9.79. The van der Waals surface area contributed by atoms with Gasteiger partial charge < -0.3 is 4.74 Å². The maximum atomic E-state index is 13.3. The van der Waals surface area contributed by atoms with Crippen molar-refractivity contribution in [1.82, 2.24) is 9.55 Å². The zero-order valence-corrected chi connectivity index (χ0v) is 15.2. The number of para-hydroxylation sites is 1. The Kier molecular flexibility index (Phi) is 4.71. The molecule has 1 saturated carbocycles. The Labute approximate surface area is 159 Å². The first-order valence-corrected chi connectivity index (χ1v) is 9.08. The highest BCUT2D eigenvalue weighted by molar-refractivity contribution is 5.83. The molecule has 0 bridgehead atoms. The van der Waals surface area contributed by atoms with Crippen molar-refractivity contribution < 1.29 is 17.9 Å². The number of ether oxygens (including phenoxy) is 1. The molecule has 1 aromatic heterocycles. The average molecular weight is 388 g/mol. The Morgan fingerprint density at radius 2 is 1.86 bits per heavy atom. The second-order valence-electron chi connectivity index (χ2n) is 7.14. The van der Waals surface area contributed by atoms with Crippen molar-refractivity contribution in [2.75, 3.05) is 7.11 Å². The Morgan fingerprint density at radius 1 is 1.14 bits per heavy atom. The fraction of sp³-hybridized carbons (Fsp3) is 0.333. The molecule has 1 aliphatic rings. The quantitative estimate of drug-likeness (QED) is 0.667. The molecular formula is C21H19F3N2O2. The van der Waals surface area contributed by atoms with Crippen LogP contribution in [0.2, 0.25) is 0 Å². The van der Waals surface area contributed by atoms with Gasteiger partial charge in [-0.25, -0.2) is 4.79 Å². The highest BCUT2D eigenvalue weighted by atomic mass is 19.4. The first kappa shape index (κ1) is 18.7. The second kappa shape index (κ2) is 7.05. The second-order valence-corrected chi connectivity index (χ2v) is 7.14. The van der Waals surface area contributed by atoms with Crippen molar-refractivity contribution in [2.24, 2.45) is 5.92 Å². The van der Waals surface area contributed by atoms with Crippen LogP contribution in [-0.2, 0) is 17.3 Å². The van der Waals surface area contributed by atoms with E-state index in [1.165, 1.54) is 10.6 Å². The molecule has 0 saturated heterocycles. The average Bonchev–Trinajstić information content (AvgIpc) is 2.63. The van der Waals surface area contributed by atoms with Crippen LogP contribution >= 0.6 is 0 Å². The van der Waals surface area contributed by atoms with Crippen LogP contribution in [-0.4, -0.2) is 22.8 Å². The van der Waals surface area contributed by atoms with E-state index in [2.05, 4.69) is 4.98 Å². The first-order valence-electron chi connectivity index (χ1n) is 9.08. The molecule has 0 unspecified atom stereocenters. The first-order chi connectivity index (χ1) is 13.4. The smallest absolute Gasteiger partial charge is 0.381 e. The number of hydrogen-bond acceptors (Lipinski definition) is 3. The van der Waals surface area contributed by atoms with Gasteiger partial charge in [0.05, 0.1) is 28.6 Å². The van der Waals surface area contributed by atoms with Crippen molar-refractivity contribution in [1.29, 1.82) is 0 Å². The van der Waals surface area contributed by atoms with E-state index in [9.17, 15) is 18.0 Å². The summed E-state index contributed by atoms with van der Waals surface area (Å²) in [5.41, 5.74) is -0.113. The summed E-state index contributed by atoms with van der Waals surface area (Å²) in [6, 6.07) is 12.1. The number of nitrogens with zero attached hydrogens (tertiary/aromatic N) is 2. The van der Waals surface area contributed by atoms with Crippen molar-refractivity contribution >= 4 is 10.9 Å². The Hall–Kier alpha value is -2.67. The summed E-state index contributed by atoms with van der Waals surface area (Å²) in [5, 5.41) is 0.567. The van der Waals surface area contributed by atoms with Crippen molar-refractivity contribution in [2.45, 2.75) is 31.5 Å². The van der Waals surface area contributed by atoms with Gasteiger partial charge in [-0.15, -0.1) is 0 Å². The highest BCUT2D eigenvalue weighted by Gasteiger charge is 2.32. The van der Waals surface area contributed by atoms with E-state index < -0.39 is 17.4 Å². The van der Waals surface area contributed by atoms with Crippen LogP contribution < -0.4 is 5.69 Å². The van der Waals surface area contributed by atoms with Gasteiger partial charge in [0.2, 0.25) is 0 Å². The van der Waals surface area contributed by atoms with Crippen LogP contribution in [0, 0.1) is 5.92 Å². The third kappa shape index (κ3) is 3.42. The Morgan fingerprint density at radius 3 is 2.50 bits per heavy atom. The maximum absolute atomic E-state index is 13.3. The normalized spacial score (nSPS) is 19.6. The summed E-state index contributed by atoms with van der Waals surface area (Å²) in [6.07, 6.45) is -2.01. The lowest BCUT2D eigenvalue weighted by molar-refractivity contribution is -0.137. The van der Waals surface area contributed by atoms with E-state index in [1.54, 1.807) is 37.4 Å². The number of rotatable bonds is 4. The number of alkyl halides is 3. The number of methoxy groups -OCH3 is 1. The summed E-state index contributed by atoms with van der Waals surface area (Å²) >= 11 is 0. The molecule has 1 fully saturated rings. The van der Waals surface area contributed by atoms with Gasteiger partial charge in [0.25, 0.3) is 0 Å². The molecule has 0 N–H and O–H groups in total. The van der Waals surface area contributed by atoms with Gasteiger partial charge in [-0.1, -0.05) is 24.3 Å². The predicted octanol–water partition coefficient (Wildman–Crippen LogP) is 4.37. The number of fused-ring (bicyclic) bond motifs is 1. The van der Waals surface area contributed by atoms with Crippen LogP contribution in [0.5, 0.6) is 0 Å². The summed E-state index contributed by atoms with van der Waals surface area (Å²) < 4.78 is 46.4. The van der Waals surface area contributed by atoms with Crippen molar-refractivity contribution in [3.8, 4) is 5.69 Å². The molecule has 4 rings (SSSR count). The third-order valence-corrected chi connectivity index (χ3v) is 5.32. The molecule has 3 aromatic rings. The maximum Gasteiger partial charge on any atom is 0.416 e. The molecule has 0 spiro atoms. The molecule has 0 atom stereocenters. The number of benzene rings is 2. The molecule has 146 valence electrons. The van der Waals surface area contributed by atoms with Gasteiger partial charge in [0.15, 0.2) is 0 Å². The molecule has 0 radical (unpaired) electrons. The number of aromatic nitrogens is 2. The molecular weight excluding hydrogens is 369 g/mol. The van der Waals surface area contributed by atoms with Crippen LogP contribution in [0.15, 0.2) is 53.3 Å². The molecule has 4 nitrogen and oxygen atoms in total.